The molecular weight excluding hydrogens is 463 g/mol. The molecule has 0 radical (unpaired) electrons. The topological polar surface area (TPSA) is 106 Å². The molecule has 1 saturated carbocycles. The zero-order valence-corrected chi connectivity index (χ0v) is 19.3. The van der Waals surface area contributed by atoms with E-state index in [0.29, 0.717) is 39.7 Å². The Morgan fingerprint density at radius 1 is 1.08 bits per heavy atom. The lowest BCUT2D eigenvalue weighted by Crippen LogP contribution is -2.26. The molecule has 0 bridgehead atoms. The van der Waals surface area contributed by atoms with Gasteiger partial charge in [0.2, 0.25) is 0 Å². The molecule has 1 N–H and O–H groups in total. The highest BCUT2D eigenvalue weighted by Gasteiger charge is 2.36. The lowest BCUT2D eigenvalue weighted by atomic mass is 10.1. The van der Waals surface area contributed by atoms with Gasteiger partial charge >= 0.3 is 5.69 Å². The maximum atomic E-state index is 14.3. The SMILES string of the molecule is O=[N+]([O-])c1cc2c(Nc3ccnc(-c4ccccc4F)c3)ncnc2cc1OC1CCN(C2CC2)C1. The monoisotopic (exact) mass is 486 g/mol. The van der Waals surface area contributed by atoms with Gasteiger partial charge in [0, 0.05) is 48.7 Å². The number of ether oxygens (including phenoxy) is 1. The molecule has 1 aliphatic heterocycles. The van der Waals surface area contributed by atoms with Gasteiger partial charge in [-0.05, 0) is 43.5 Å². The molecule has 182 valence electrons. The second kappa shape index (κ2) is 9.12. The summed E-state index contributed by atoms with van der Waals surface area (Å²) in [5.41, 5.74) is 1.83. The number of likely N-dealkylation sites (tertiary alicyclic amines) is 1. The number of nitro groups is 1. The molecule has 3 heterocycles. The van der Waals surface area contributed by atoms with Gasteiger partial charge < -0.3 is 10.1 Å². The van der Waals surface area contributed by atoms with Gasteiger partial charge in [0.25, 0.3) is 0 Å². The summed E-state index contributed by atoms with van der Waals surface area (Å²) in [7, 11) is 0. The number of anilines is 2. The fraction of sp³-hybridized carbons (Fsp3) is 0.269. The number of benzene rings is 2. The number of pyridine rings is 1. The first-order valence-corrected chi connectivity index (χ1v) is 11.9. The molecule has 0 amide bonds. The van der Waals surface area contributed by atoms with E-state index in [1.54, 1.807) is 42.6 Å². The van der Waals surface area contributed by atoms with Crippen LogP contribution in [-0.2, 0) is 0 Å². The first-order chi connectivity index (χ1) is 17.5. The number of rotatable bonds is 7. The van der Waals surface area contributed by atoms with E-state index in [1.165, 1.54) is 31.3 Å². The second-order valence-electron chi connectivity index (χ2n) is 9.11. The molecule has 2 aromatic carbocycles. The highest BCUT2D eigenvalue weighted by Crippen LogP contribution is 2.37. The predicted molar refractivity (Wildman–Crippen MR) is 133 cm³/mol. The first kappa shape index (κ1) is 22.3. The minimum absolute atomic E-state index is 0.0881. The van der Waals surface area contributed by atoms with Crippen molar-refractivity contribution in [3.8, 4) is 17.0 Å². The molecule has 2 aliphatic rings. The molecule has 1 unspecified atom stereocenters. The Hall–Kier alpha value is -4.18. The van der Waals surface area contributed by atoms with Crippen LogP contribution in [0.4, 0.5) is 21.6 Å². The standard InChI is InChI=1S/C26H23FN6O3/c27-21-4-2-1-3-19(21)22-11-16(7-9-28-22)31-26-20-12-24(33(34)35)25(13-23(20)29-15-30-26)36-18-8-10-32(14-18)17-5-6-17/h1-4,7,9,11-13,15,17-18H,5-6,8,10,14H2,(H,28,29,30,31). The van der Waals surface area contributed by atoms with Crippen LogP contribution in [0.1, 0.15) is 19.3 Å². The summed E-state index contributed by atoms with van der Waals surface area (Å²) in [4.78, 5) is 26.8. The Balaban J connectivity index is 1.31. The average molecular weight is 487 g/mol. The Kier molecular flexibility index (Phi) is 5.65. The van der Waals surface area contributed by atoms with E-state index in [0.717, 1.165) is 19.5 Å². The van der Waals surface area contributed by atoms with Crippen LogP contribution in [0.25, 0.3) is 22.2 Å². The second-order valence-corrected chi connectivity index (χ2v) is 9.11. The average Bonchev–Trinajstić information content (AvgIpc) is 3.63. The van der Waals surface area contributed by atoms with E-state index in [-0.39, 0.29) is 23.4 Å². The van der Waals surface area contributed by atoms with Gasteiger partial charge in [-0.15, -0.1) is 0 Å². The van der Waals surface area contributed by atoms with Gasteiger partial charge in [0.05, 0.1) is 21.5 Å². The lowest BCUT2D eigenvalue weighted by molar-refractivity contribution is -0.385. The summed E-state index contributed by atoms with van der Waals surface area (Å²) in [6, 6.07) is 13.5. The summed E-state index contributed by atoms with van der Waals surface area (Å²) in [6.07, 6.45) is 6.14. The quantitative estimate of drug-likeness (QED) is 0.284. The summed E-state index contributed by atoms with van der Waals surface area (Å²) in [6.45, 7) is 1.73. The number of halogens is 1. The molecule has 1 saturated heterocycles. The summed E-state index contributed by atoms with van der Waals surface area (Å²) >= 11 is 0. The van der Waals surface area contributed by atoms with Crippen molar-refractivity contribution in [3.05, 3.63) is 77.0 Å². The summed E-state index contributed by atoms with van der Waals surface area (Å²) < 4.78 is 20.4. The van der Waals surface area contributed by atoms with Crippen LogP contribution in [0, 0.1) is 15.9 Å². The Labute approximate surface area is 206 Å². The minimum atomic E-state index is -0.443. The van der Waals surface area contributed by atoms with E-state index >= 15 is 0 Å². The molecule has 2 aromatic heterocycles. The maximum Gasteiger partial charge on any atom is 0.311 e. The van der Waals surface area contributed by atoms with E-state index in [4.69, 9.17) is 4.74 Å². The number of fused-ring (bicyclic) bond motifs is 1. The Morgan fingerprint density at radius 2 is 1.94 bits per heavy atom. The van der Waals surface area contributed by atoms with Gasteiger partial charge in [-0.1, -0.05) is 12.1 Å². The summed E-state index contributed by atoms with van der Waals surface area (Å²) in [5.74, 6) is 0.229. The summed E-state index contributed by atoms with van der Waals surface area (Å²) in [5, 5.41) is 15.6. The molecule has 10 heteroatoms. The van der Waals surface area contributed by atoms with E-state index in [2.05, 4.69) is 25.2 Å². The van der Waals surface area contributed by atoms with Gasteiger partial charge in [-0.2, -0.15) is 0 Å². The lowest BCUT2D eigenvalue weighted by Gasteiger charge is -2.17. The molecule has 36 heavy (non-hydrogen) atoms. The van der Waals surface area contributed by atoms with Crippen molar-refractivity contribution in [3.63, 3.8) is 0 Å². The van der Waals surface area contributed by atoms with Crippen LogP contribution in [0.2, 0.25) is 0 Å². The Bertz CT molecular complexity index is 1460. The first-order valence-electron chi connectivity index (χ1n) is 11.9. The third-order valence-electron chi connectivity index (χ3n) is 6.62. The number of hydrogen-bond acceptors (Lipinski definition) is 8. The maximum absolute atomic E-state index is 14.3. The van der Waals surface area contributed by atoms with Crippen molar-refractivity contribution in [2.45, 2.75) is 31.4 Å². The minimum Gasteiger partial charge on any atom is -0.482 e. The zero-order chi connectivity index (χ0) is 24.6. The number of hydrogen-bond donors (Lipinski definition) is 1. The normalized spacial score (nSPS) is 17.9. The zero-order valence-electron chi connectivity index (χ0n) is 19.3. The predicted octanol–water partition coefficient (Wildman–Crippen LogP) is 5.10. The highest BCUT2D eigenvalue weighted by atomic mass is 19.1. The largest absolute Gasteiger partial charge is 0.482 e. The van der Waals surface area contributed by atoms with Crippen LogP contribution in [-0.4, -0.2) is 50.0 Å². The molecule has 1 atom stereocenters. The van der Waals surface area contributed by atoms with Gasteiger partial charge in [0.1, 0.15) is 24.1 Å². The van der Waals surface area contributed by atoms with E-state index < -0.39 is 4.92 Å². The number of nitrogens with zero attached hydrogens (tertiary/aromatic N) is 5. The van der Waals surface area contributed by atoms with Crippen molar-refractivity contribution in [2.75, 3.05) is 18.4 Å². The van der Waals surface area contributed by atoms with Crippen LogP contribution in [0.15, 0.2) is 61.1 Å². The third-order valence-corrected chi connectivity index (χ3v) is 6.62. The van der Waals surface area contributed by atoms with Crippen molar-refractivity contribution in [1.82, 2.24) is 19.9 Å². The van der Waals surface area contributed by atoms with Crippen LogP contribution in [0.5, 0.6) is 5.75 Å². The number of nitro benzene ring substituents is 1. The van der Waals surface area contributed by atoms with Crippen molar-refractivity contribution >= 4 is 28.1 Å². The molecule has 2 fully saturated rings. The van der Waals surface area contributed by atoms with Gasteiger partial charge in [0.15, 0.2) is 5.75 Å². The van der Waals surface area contributed by atoms with E-state index in [9.17, 15) is 14.5 Å². The van der Waals surface area contributed by atoms with Gasteiger partial charge in [-0.3, -0.25) is 20.0 Å². The number of nitrogens with one attached hydrogen (secondary N) is 1. The highest BCUT2D eigenvalue weighted by molar-refractivity contribution is 5.94. The van der Waals surface area contributed by atoms with Crippen LogP contribution in [0.3, 0.4) is 0 Å². The van der Waals surface area contributed by atoms with Gasteiger partial charge in [-0.25, -0.2) is 14.4 Å². The molecular formula is C26H23FN6O3. The van der Waals surface area contributed by atoms with Crippen molar-refractivity contribution < 1.29 is 14.1 Å². The van der Waals surface area contributed by atoms with Crippen LogP contribution >= 0.6 is 0 Å². The molecule has 9 nitrogen and oxygen atoms in total. The molecule has 4 aromatic rings. The fourth-order valence-corrected chi connectivity index (χ4v) is 4.67. The van der Waals surface area contributed by atoms with Crippen LogP contribution < -0.4 is 10.1 Å². The molecule has 6 rings (SSSR count). The third kappa shape index (κ3) is 4.42. The Morgan fingerprint density at radius 3 is 2.75 bits per heavy atom. The number of aromatic nitrogens is 3. The van der Waals surface area contributed by atoms with Crippen molar-refractivity contribution in [2.24, 2.45) is 0 Å². The van der Waals surface area contributed by atoms with Crippen molar-refractivity contribution in [1.29, 1.82) is 0 Å². The van der Waals surface area contributed by atoms with E-state index in [1.807, 2.05) is 0 Å². The smallest absolute Gasteiger partial charge is 0.311 e. The molecule has 1 aliphatic carbocycles. The fourth-order valence-electron chi connectivity index (χ4n) is 4.67. The molecule has 0 spiro atoms.